The van der Waals surface area contributed by atoms with Gasteiger partial charge in [0.2, 0.25) is 0 Å². The highest BCUT2D eigenvalue weighted by atomic mass is 16.5. The standard InChI is InChI=1S/C18H24N2O2/c1-12-11-19-17-15(5-4-6-16(17)22-3)18(12)20-9-7-14(8-10-20)13(2)21/h4-6,11,13-14,21H,7-10H2,1-3H3. The predicted molar refractivity (Wildman–Crippen MR) is 89.6 cm³/mol. The van der Waals surface area contributed by atoms with Gasteiger partial charge < -0.3 is 14.7 Å². The van der Waals surface area contributed by atoms with Crippen molar-refractivity contribution >= 4 is 16.6 Å². The van der Waals surface area contributed by atoms with Crippen molar-refractivity contribution in [3.8, 4) is 5.75 Å². The molecule has 4 heteroatoms. The molecule has 3 rings (SSSR count). The molecule has 22 heavy (non-hydrogen) atoms. The average molecular weight is 300 g/mol. The third-order valence-electron chi connectivity index (χ3n) is 4.77. The van der Waals surface area contributed by atoms with Crippen LogP contribution in [0.4, 0.5) is 5.69 Å². The molecule has 1 N–H and O–H groups in total. The Balaban J connectivity index is 1.99. The fourth-order valence-electron chi connectivity index (χ4n) is 3.47. The molecule has 1 aromatic carbocycles. The molecule has 1 unspecified atom stereocenters. The summed E-state index contributed by atoms with van der Waals surface area (Å²) in [4.78, 5) is 6.99. The monoisotopic (exact) mass is 300 g/mol. The topological polar surface area (TPSA) is 45.6 Å². The summed E-state index contributed by atoms with van der Waals surface area (Å²) in [6.45, 7) is 5.97. The minimum Gasteiger partial charge on any atom is -0.494 e. The summed E-state index contributed by atoms with van der Waals surface area (Å²) in [7, 11) is 1.68. The van der Waals surface area contributed by atoms with Crippen LogP contribution in [0.3, 0.4) is 0 Å². The van der Waals surface area contributed by atoms with E-state index in [1.54, 1.807) is 7.11 Å². The Labute approximate surface area is 131 Å². The Morgan fingerprint density at radius 2 is 2.05 bits per heavy atom. The zero-order valence-electron chi connectivity index (χ0n) is 13.5. The average Bonchev–Trinajstić information content (AvgIpc) is 2.54. The zero-order chi connectivity index (χ0) is 15.7. The van der Waals surface area contributed by atoms with Gasteiger partial charge in [0.1, 0.15) is 11.3 Å². The van der Waals surface area contributed by atoms with E-state index in [0.29, 0.717) is 5.92 Å². The molecule has 1 fully saturated rings. The first-order chi connectivity index (χ1) is 10.6. The summed E-state index contributed by atoms with van der Waals surface area (Å²) < 4.78 is 5.44. The Kier molecular flexibility index (Phi) is 4.21. The first kappa shape index (κ1) is 15.1. The van der Waals surface area contributed by atoms with Crippen molar-refractivity contribution in [3.05, 3.63) is 30.0 Å². The van der Waals surface area contributed by atoms with E-state index < -0.39 is 0 Å². The van der Waals surface area contributed by atoms with E-state index in [0.717, 1.165) is 42.6 Å². The van der Waals surface area contributed by atoms with Crippen molar-refractivity contribution in [1.29, 1.82) is 0 Å². The SMILES string of the molecule is COc1cccc2c(N3CCC(C(C)O)CC3)c(C)cnc12. The third-order valence-corrected chi connectivity index (χ3v) is 4.77. The van der Waals surface area contributed by atoms with Crippen LogP contribution in [0.25, 0.3) is 10.9 Å². The number of aryl methyl sites for hydroxylation is 1. The van der Waals surface area contributed by atoms with Crippen LogP contribution in [0.1, 0.15) is 25.3 Å². The number of aromatic nitrogens is 1. The molecule has 1 saturated heterocycles. The second-order valence-corrected chi connectivity index (χ2v) is 6.21. The fourth-order valence-corrected chi connectivity index (χ4v) is 3.47. The molecule has 2 aromatic rings. The maximum atomic E-state index is 9.78. The van der Waals surface area contributed by atoms with E-state index in [-0.39, 0.29) is 6.10 Å². The van der Waals surface area contributed by atoms with Crippen LogP contribution in [0.5, 0.6) is 5.75 Å². The van der Waals surface area contributed by atoms with Gasteiger partial charge in [0.25, 0.3) is 0 Å². The number of pyridine rings is 1. The molecule has 0 bridgehead atoms. The number of hydrogen-bond donors (Lipinski definition) is 1. The van der Waals surface area contributed by atoms with E-state index in [1.165, 1.54) is 11.3 Å². The summed E-state index contributed by atoms with van der Waals surface area (Å²) in [5, 5.41) is 10.9. The number of para-hydroxylation sites is 1. The third kappa shape index (κ3) is 2.63. The molecular formula is C18H24N2O2. The minimum atomic E-state index is -0.211. The number of nitrogens with zero attached hydrogens (tertiary/aromatic N) is 2. The van der Waals surface area contributed by atoms with Gasteiger partial charge >= 0.3 is 0 Å². The molecule has 118 valence electrons. The number of benzene rings is 1. The second kappa shape index (κ2) is 6.13. The van der Waals surface area contributed by atoms with Crippen LogP contribution in [0, 0.1) is 12.8 Å². The van der Waals surface area contributed by atoms with E-state index in [4.69, 9.17) is 4.74 Å². The van der Waals surface area contributed by atoms with Crippen LogP contribution in [-0.2, 0) is 0 Å². The molecule has 0 saturated carbocycles. The van der Waals surface area contributed by atoms with E-state index >= 15 is 0 Å². The highest BCUT2D eigenvalue weighted by molar-refractivity contribution is 5.96. The number of aliphatic hydroxyl groups is 1. The summed E-state index contributed by atoms with van der Waals surface area (Å²) in [6, 6.07) is 6.09. The fraction of sp³-hybridized carbons (Fsp3) is 0.500. The van der Waals surface area contributed by atoms with E-state index in [9.17, 15) is 5.11 Å². The van der Waals surface area contributed by atoms with Gasteiger partial charge in [-0.2, -0.15) is 0 Å². The smallest absolute Gasteiger partial charge is 0.145 e. The Bertz CT molecular complexity index is 661. The Hall–Kier alpha value is -1.81. The van der Waals surface area contributed by atoms with E-state index in [2.05, 4.69) is 22.9 Å². The molecule has 1 atom stereocenters. The summed E-state index contributed by atoms with van der Waals surface area (Å²) in [6.07, 6.45) is 3.79. The first-order valence-corrected chi connectivity index (χ1v) is 7.97. The summed E-state index contributed by atoms with van der Waals surface area (Å²) in [5.74, 6) is 1.23. The summed E-state index contributed by atoms with van der Waals surface area (Å²) >= 11 is 0. The number of anilines is 1. The zero-order valence-corrected chi connectivity index (χ0v) is 13.5. The molecule has 0 aliphatic carbocycles. The van der Waals surface area contributed by atoms with E-state index in [1.807, 2.05) is 25.3 Å². The largest absolute Gasteiger partial charge is 0.494 e. The van der Waals surface area contributed by atoms with Gasteiger partial charge in [0.15, 0.2) is 0 Å². The lowest BCUT2D eigenvalue weighted by Gasteiger charge is -2.36. The van der Waals surface area contributed by atoms with Crippen LogP contribution >= 0.6 is 0 Å². The number of methoxy groups -OCH3 is 1. The van der Waals surface area contributed by atoms with Crippen LogP contribution in [0.2, 0.25) is 0 Å². The maximum Gasteiger partial charge on any atom is 0.145 e. The van der Waals surface area contributed by atoms with Crippen molar-refractivity contribution in [2.24, 2.45) is 5.92 Å². The highest BCUT2D eigenvalue weighted by Gasteiger charge is 2.25. The van der Waals surface area contributed by atoms with Crippen LogP contribution in [-0.4, -0.2) is 36.4 Å². The molecule has 1 aromatic heterocycles. The van der Waals surface area contributed by atoms with Gasteiger partial charge in [-0.1, -0.05) is 12.1 Å². The van der Waals surface area contributed by atoms with Crippen molar-refractivity contribution in [3.63, 3.8) is 0 Å². The normalized spacial score (nSPS) is 17.7. The summed E-state index contributed by atoms with van der Waals surface area (Å²) in [5.41, 5.74) is 3.37. The molecule has 1 aliphatic rings. The van der Waals surface area contributed by atoms with Gasteiger partial charge in [-0.3, -0.25) is 4.98 Å². The highest BCUT2D eigenvalue weighted by Crippen LogP contribution is 2.35. The lowest BCUT2D eigenvalue weighted by atomic mass is 9.91. The molecular weight excluding hydrogens is 276 g/mol. The molecule has 1 aliphatic heterocycles. The number of hydrogen-bond acceptors (Lipinski definition) is 4. The maximum absolute atomic E-state index is 9.78. The number of ether oxygens (including phenoxy) is 1. The van der Waals surface area contributed by atoms with Crippen molar-refractivity contribution < 1.29 is 9.84 Å². The van der Waals surface area contributed by atoms with Gasteiger partial charge in [0, 0.05) is 24.7 Å². The van der Waals surface area contributed by atoms with Gasteiger partial charge in [-0.05, 0) is 44.2 Å². The number of rotatable bonds is 3. The minimum absolute atomic E-state index is 0.211. The lowest BCUT2D eigenvalue weighted by Crippen LogP contribution is -2.37. The van der Waals surface area contributed by atoms with Crippen molar-refractivity contribution in [2.75, 3.05) is 25.1 Å². The molecule has 2 heterocycles. The van der Waals surface area contributed by atoms with Gasteiger partial charge in [0.05, 0.1) is 18.9 Å². The van der Waals surface area contributed by atoms with Crippen molar-refractivity contribution in [1.82, 2.24) is 4.98 Å². The number of fused-ring (bicyclic) bond motifs is 1. The van der Waals surface area contributed by atoms with Crippen LogP contribution in [0.15, 0.2) is 24.4 Å². The lowest BCUT2D eigenvalue weighted by molar-refractivity contribution is 0.110. The molecule has 0 radical (unpaired) electrons. The Morgan fingerprint density at radius 3 is 2.68 bits per heavy atom. The molecule has 0 amide bonds. The van der Waals surface area contributed by atoms with Crippen LogP contribution < -0.4 is 9.64 Å². The first-order valence-electron chi connectivity index (χ1n) is 7.97. The number of piperidine rings is 1. The quantitative estimate of drug-likeness (QED) is 0.946. The molecule has 4 nitrogen and oxygen atoms in total. The van der Waals surface area contributed by atoms with Gasteiger partial charge in [-0.15, -0.1) is 0 Å². The predicted octanol–water partition coefficient (Wildman–Crippen LogP) is 3.15. The second-order valence-electron chi connectivity index (χ2n) is 6.21. The Morgan fingerprint density at radius 1 is 1.32 bits per heavy atom. The van der Waals surface area contributed by atoms with Gasteiger partial charge in [-0.25, -0.2) is 0 Å². The molecule has 0 spiro atoms. The van der Waals surface area contributed by atoms with Crippen molar-refractivity contribution in [2.45, 2.75) is 32.8 Å². The number of aliphatic hydroxyl groups excluding tert-OH is 1.